The van der Waals surface area contributed by atoms with Crippen LogP contribution in [0.4, 0.5) is 0 Å². The molecular weight excluding hydrogens is 408 g/mol. The van der Waals surface area contributed by atoms with Gasteiger partial charge in [-0.25, -0.2) is 0 Å². The Labute approximate surface area is 195 Å². The summed E-state index contributed by atoms with van der Waals surface area (Å²) in [5.41, 5.74) is 0. The van der Waals surface area contributed by atoms with Crippen LogP contribution < -0.4 is 0 Å². The topological polar surface area (TPSA) is 0 Å². The highest BCUT2D eigenvalue weighted by molar-refractivity contribution is 6.52. The molecule has 0 aliphatic carbocycles. The number of rotatable bonds is 0. The van der Waals surface area contributed by atoms with E-state index in [1.165, 1.54) is 86.2 Å². The summed E-state index contributed by atoms with van der Waals surface area (Å²) >= 11 is 0. The van der Waals surface area contributed by atoms with Gasteiger partial charge in [0, 0.05) is 0 Å². The van der Waals surface area contributed by atoms with Crippen molar-refractivity contribution in [1.82, 2.24) is 0 Å². The molecule has 9 aromatic rings. The van der Waals surface area contributed by atoms with Crippen LogP contribution in [-0.4, -0.2) is 0 Å². The largest absolute Gasteiger partial charge is 0.0616 e. The first-order chi connectivity index (χ1) is 16.9. The van der Waals surface area contributed by atoms with E-state index in [9.17, 15) is 0 Å². The molecule has 0 heterocycles. The van der Waals surface area contributed by atoms with Gasteiger partial charge in [-0.2, -0.15) is 0 Å². The zero-order chi connectivity index (χ0) is 22.0. The van der Waals surface area contributed by atoms with E-state index >= 15 is 0 Å². The third-order valence-corrected chi connectivity index (χ3v) is 8.11. The fourth-order valence-corrected chi connectivity index (χ4v) is 6.91. The number of benzene rings is 9. The molecule has 9 aromatic carbocycles. The second-order valence-electron chi connectivity index (χ2n) is 9.59. The third-order valence-electron chi connectivity index (χ3n) is 8.11. The maximum Gasteiger partial charge on any atom is -0.0000937 e. The van der Waals surface area contributed by atoms with Crippen molar-refractivity contribution in [2.24, 2.45) is 0 Å². The summed E-state index contributed by atoms with van der Waals surface area (Å²) in [6, 6.07) is 40.7. The highest BCUT2D eigenvalue weighted by atomic mass is 14.3. The van der Waals surface area contributed by atoms with Crippen LogP contribution in [0.15, 0.2) is 109 Å². The minimum absolute atomic E-state index is 1.34. The van der Waals surface area contributed by atoms with Gasteiger partial charge in [0.15, 0.2) is 0 Å². The van der Waals surface area contributed by atoms with Gasteiger partial charge in [0.05, 0.1) is 0 Å². The number of fused-ring (bicyclic) bond motifs is 10. The predicted molar refractivity (Wildman–Crippen MR) is 149 cm³/mol. The molecule has 0 aromatic heterocycles. The van der Waals surface area contributed by atoms with Crippen LogP contribution in [0.3, 0.4) is 0 Å². The first-order valence-corrected chi connectivity index (χ1v) is 12.0. The van der Waals surface area contributed by atoms with Crippen LogP contribution in [-0.2, 0) is 0 Å². The molecule has 9 rings (SSSR count). The summed E-state index contributed by atoms with van der Waals surface area (Å²) in [7, 11) is 0. The van der Waals surface area contributed by atoms with E-state index in [-0.39, 0.29) is 0 Å². The summed E-state index contributed by atoms with van der Waals surface area (Å²) in [6.07, 6.45) is 0. The molecule has 0 unspecified atom stereocenters. The second-order valence-corrected chi connectivity index (χ2v) is 9.59. The maximum atomic E-state index is 2.32. The number of hydrogen-bond donors (Lipinski definition) is 0. The standard InChI is InChI=1S/C34H18/c1-3-11-21-19(9-1)23-15-7-17-27-28-18-8-16-24-20-10-2-4-12-22(20)30-26-14-6-5-13-25(26)29(21)33(31(23)27)34(30)32(24)28/h1-18H. The van der Waals surface area contributed by atoms with E-state index in [0.717, 1.165) is 0 Å². The Morgan fingerprint density at radius 2 is 0.382 bits per heavy atom. The van der Waals surface area contributed by atoms with Crippen molar-refractivity contribution in [1.29, 1.82) is 0 Å². The lowest BCUT2D eigenvalue weighted by Gasteiger charge is -2.23. The van der Waals surface area contributed by atoms with Gasteiger partial charge in [-0.15, -0.1) is 0 Å². The van der Waals surface area contributed by atoms with Crippen molar-refractivity contribution in [2.75, 3.05) is 0 Å². The van der Waals surface area contributed by atoms with Crippen molar-refractivity contribution < 1.29 is 0 Å². The molecule has 0 heteroatoms. The highest BCUT2D eigenvalue weighted by Crippen LogP contribution is 2.52. The second kappa shape index (κ2) is 5.73. The van der Waals surface area contributed by atoms with Gasteiger partial charge < -0.3 is 0 Å². The Kier molecular flexibility index (Phi) is 2.88. The van der Waals surface area contributed by atoms with Crippen molar-refractivity contribution in [2.45, 2.75) is 0 Å². The van der Waals surface area contributed by atoms with Crippen LogP contribution in [0.2, 0.25) is 0 Å². The van der Waals surface area contributed by atoms with Crippen molar-refractivity contribution in [3.05, 3.63) is 109 Å². The molecule has 0 saturated heterocycles. The van der Waals surface area contributed by atoms with Crippen molar-refractivity contribution >= 4 is 86.2 Å². The molecule has 0 saturated carbocycles. The van der Waals surface area contributed by atoms with Gasteiger partial charge in [0.2, 0.25) is 0 Å². The normalized spacial score (nSPS) is 12.7. The Bertz CT molecular complexity index is 2100. The molecule has 0 aliphatic heterocycles. The fourth-order valence-electron chi connectivity index (χ4n) is 6.91. The van der Waals surface area contributed by atoms with Crippen LogP contribution in [0.5, 0.6) is 0 Å². The summed E-state index contributed by atoms with van der Waals surface area (Å²) < 4.78 is 0. The molecule has 154 valence electrons. The van der Waals surface area contributed by atoms with Gasteiger partial charge in [0.25, 0.3) is 0 Å². The summed E-state index contributed by atoms with van der Waals surface area (Å²) in [5, 5.41) is 21.9. The van der Waals surface area contributed by atoms with Crippen LogP contribution in [0.1, 0.15) is 0 Å². The van der Waals surface area contributed by atoms with Crippen LogP contribution in [0.25, 0.3) is 86.2 Å². The SMILES string of the molecule is c1ccc2c(c1)c1cccc3c4cccc5c6ccccc6c6c7ccccc7c2c(c13)c6c54. The molecule has 0 atom stereocenters. The third kappa shape index (κ3) is 1.78. The van der Waals surface area contributed by atoms with E-state index < -0.39 is 0 Å². The average Bonchev–Trinajstić information content (AvgIpc) is 2.91. The summed E-state index contributed by atoms with van der Waals surface area (Å²) in [5.74, 6) is 0. The molecular formula is C34H18. The van der Waals surface area contributed by atoms with E-state index in [2.05, 4.69) is 109 Å². The molecule has 0 fully saturated rings. The molecule has 0 N–H and O–H groups in total. The predicted octanol–water partition coefficient (Wildman–Crippen LogP) is 9.79. The summed E-state index contributed by atoms with van der Waals surface area (Å²) in [6.45, 7) is 0. The van der Waals surface area contributed by atoms with E-state index in [1.807, 2.05) is 0 Å². The van der Waals surface area contributed by atoms with Gasteiger partial charge in [0.1, 0.15) is 0 Å². The maximum absolute atomic E-state index is 2.32. The lowest BCUT2D eigenvalue weighted by Crippen LogP contribution is -1.94. The molecule has 0 spiro atoms. The minimum atomic E-state index is 1.34. The van der Waals surface area contributed by atoms with Gasteiger partial charge >= 0.3 is 0 Å². The first kappa shape index (κ1) is 17.1. The molecule has 0 bridgehead atoms. The first-order valence-electron chi connectivity index (χ1n) is 12.0. The molecule has 0 radical (unpaired) electrons. The Balaban J connectivity index is 1.87. The number of hydrogen-bond acceptors (Lipinski definition) is 0. The average molecular weight is 427 g/mol. The smallest absolute Gasteiger partial charge is 0.0000937 e. The molecule has 0 nitrogen and oxygen atoms in total. The van der Waals surface area contributed by atoms with E-state index in [1.54, 1.807) is 0 Å². The van der Waals surface area contributed by atoms with E-state index in [0.29, 0.717) is 0 Å². The van der Waals surface area contributed by atoms with Gasteiger partial charge in [-0.3, -0.25) is 0 Å². The Morgan fingerprint density at radius 3 is 0.676 bits per heavy atom. The molecule has 34 heavy (non-hydrogen) atoms. The van der Waals surface area contributed by atoms with Crippen LogP contribution in [0, 0.1) is 0 Å². The Hall–Kier alpha value is -4.42. The fraction of sp³-hybridized carbons (Fsp3) is 0. The van der Waals surface area contributed by atoms with Crippen molar-refractivity contribution in [3.63, 3.8) is 0 Å². The molecule has 0 amide bonds. The van der Waals surface area contributed by atoms with Gasteiger partial charge in [-0.05, 0) is 86.2 Å². The van der Waals surface area contributed by atoms with Crippen LogP contribution >= 0.6 is 0 Å². The summed E-state index contributed by atoms with van der Waals surface area (Å²) in [4.78, 5) is 0. The quantitative estimate of drug-likeness (QED) is 0.167. The van der Waals surface area contributed by atoms with Gasteiger partial charge in [-0.1, -0.05) is 109 Å². The zero-order valence-corrected chi connectivity index (χ0v) is 18.4. The Morgan fingerprint density at radius 1 is 0.176 bits per heavy atom. The lowest BCUT2D eigenvalue weighted by atomic mass is 9.79. The highest BCUT2D eigenvalue weighted by Gasteiger charge is 2.23. The minimum Gasteiger partial charge on any atom is -0.0616 e. The molecule has 0 aliphatic rings. The van der Waals surface area contributed by atoms with Crippen molar-refractivity contribution in [3.8, 4) is 0 Å². The monoisotopic (exact) mass is 426 g/mol. The lowest BCUT2D eigenvalue weighted by molar-refractivity contribution is 1.79. The van der Waals surface area contributed by atoms with E-state index in [4.69, 9.17) is 0 Å². The zero-order valence-electron chi connectivity index (χ0n) is 18.4.